The maximum absolute atomic E-state index is 2.50. The predicted molar refractivity (Wildman–Crippen MR) is 43.8 cm³/mol. The van der Waals surface area contributed by atoms with Gasteiger partial charge in [0.05, 0.1) is 0 Å². The van der Waals surface area contributed by atoms with Crippen LogP contribution in [0.4, 0.5) is 0 Å². The van der Waals surface area contributed by atoms with Crippen molar-refractivity contribution in [3.8, 4) is 0 Å². The summed E-state index contributed by atoms with van der Waals surface area (Å²) in [5.41, 5.74) is 0.753. The van der Waals surface area contributed by atoms with E-state index in [0.717, 1.165) is 17.3 Å². The Balaban J connectivity index is 2.18. The molecule has 0 radical (unpaired) electrons. The van der Waals surface area contributed by atoms with Gasteiger partial charge < -0.3 is 0 Å². The third-order valence-corrected chi connectivity index (χ3v) is 3.99. The van der Waals surface area contributed by atoms with Crippen molar-refractivity contribution >= 4 is 0 Å². The summed E-state index contributed by atoms with van der Waals surface area (Å²) in [6, 6.07) is 0. The molecule has 0 aromatic carbocycles. The fourth-order valence-electron chi connectivity index (χ4n) is 3.09. The van der Waals surface area contributed by atoms with Crippen LogP contribution in [0.15, 0.2) is 0 Å². The summed E-state index contributed by atoms with van der Waals surface area (Å²) in [4.78, 5) is 0. The molecule has 58 valence electrons. The molecule has 0 heterocycles. The molecule has 0 saturated heterocycles. The van der Waals surface area contributed by atoms with Crippen LogP contribution < -0.4 is 0 Å². The molecule has 2 aliphatic carbocycles. The molecule has 0 N–H and O–H groups in total. The first-order valence-corrected chi connectivity index (χ1v) is 4.71. The van der Waals surface area contributed by atoms with Gasteiger partial charge in [0.15, 0.2) is 0 Å². The smallest absolute Gasteiger partial charge is 0.0297 e. The van der Waals surface area contributed by atoms with Crippen LogP contribution in [0.25, 0.3) is 0 Å². The fraction of sp³-hybridized carbons (Fsp3) is 1.00. The van der Waals surface area contributed by atoms with E-state index in [9.17, 15) is 0 Å². The van der Waals surface area contributed by atoms with E-state index in [1.54, 1.807) is 0 Å². The van der Waals surface area contributed by atoms with Gasteiger partial charge in [-0.25, -0.2) is 0 Å². The lowest BCUT2D eigenvalue weighted by Gasteiger charge is -2.31. The van der Waals surface area contributed by atoms with Crippen molar-refractivity contribution < 1.29 is 0 Å². The molecular weight excluding hydrogens is 120 g/mol. The zero-order valence-electron chi connectivity index (χ0n) is 7.19. The van der Waals surface area contributed by atoms with Crippen molar-refractivity contribution in [1.29, 1.82) is 0 Å². The van der Waals surface area contributed by atoms with Crippen LogP contribution >= 0.6 is 0 Å². The Bertz CT molecular complexity index is 139. The highest BCUT2D eigenvalue weighted by atomic mass is 14.5. The SMILES string of the molecule is C[C@H]1C[C@@H]2CCC[C@@]1(C)C2. The van der Waals surface area contributed by atoms with E-state index in [2.05, 4.69) is 13.8 Å². The van der Waals surface area contributed by atoms with E-state index >= 15 is 0 Å². The average molecular weight is 138 g/mol. The summed E-state index contributed by atoms with van der Waals surface area (Å²) in [6.07, 6.45) is 7.60. The minimum atomic E-state index is 0.753. The Morgan fingerprint density at radius 3 is 2.80 bits per heavy atom. The van der Waals surface area contributed by atoms with Gasteiger partial charge in [0.2, 0.25) is 0 Å². The number of fused-ring (bicyclic) bond motifs is 2. The van der Waals surface area contributed by atoms with Crippen molar-refractivity contribution in [1.82, 2.24) is 0 Å². The van der Waals surface area contributed by atoms with E-state index in [1.807, 2.05) is 0 Å². The molecule has 2 aliphatic rings. The highest BCUT2D eigenvalue weighted by molar-refractivity contribution is 4.93. The average Bonchev–Trinajstić information content (AvgIpc) is 2.04. The molecule has 3 atom stereocenters. The molecule has 0 amide bonds. The zero-order valence-corrected chi connectivity index (χ0v) is 7.19. The van der Waals surface area contributed by atoms with Crippen molar-refractivity contribution in [2.75, 3.05) is 0 Å². The summed E-state index contributed by atoms with van der Waals surface area (Å²) < 4.78 is 0. The van der Waals surface area contributed by atoms with Gasteiger partial charge in [0, 0.05) is 0 Å². The molecule has 2 fully saturated rings. The van der Waals surface area contributed by atoms with E-state index in [-0.39, 0.29) is 0 Å². The van der Waals surface area contributed by atoms with Gasteiger partial charge in [-0.15, -0.1) is 0 Å². The summed E-state index contributed by atoms with van der Waals surface area (Å²) in [5, 5.41) is 0. The lowest BCUT2D eigenvalue weighted by Crippen LogP contribution is -2.21. The van der Waals surface area contributed by atoms with Gasteiger partial charge in [-0.3, -0.25) is 0 Å². The topological polar surface area (TPSA) is 0 Å². The molecule has 0 heteroatoms. The van der Waals surface area contributed by atoms with Crippen LogP contribution in [-0.4, -0.2) is 0 Å². The quantitative estimate of drug-likeness (QED) is 0.482. The summed E-state index contributed by atoms with van der Waals surface area (Å²) in [6.45, 7) is 4.95. The van der Waals surface area contributed by atoms with Crippen LogP contribution in [0.2, 0.25) is 0 Å². The first kappa shape index (κ1) is 6.69. The highest BCUT2D eigenvalue weighted by Gasteiger charge is 2.43. The molecule has 2 bridgehead atoms. The second-order valence-electron chi connectivity index (χ2n) is 4.75. The van der Waals surface area contributed by atoms with Crippen molar-refractivity contribution in [3.63, 3.8) is 0 Å². The molecule has 0 aliphatic heterocycles. The van der Waals surface area contributed by atoms with Crippen LogP contribution in [0, 0.1) is 17.3 Å². The molecular formula is C10H18. The van der Waals surface area contributed by atoms with Crippen molar-refractivity contribution in [2.45, 2.75) is 46.0 Å². The van der Waals surface area contributed by atoms with E-state index in [1.165, 1.54) is 32.1 Å². The monoisotopic (exact) mass is 138 g/mol. The Hall–Kier alpha value is 0. The van der Waals surface area contributed by atoms with Gasteiger partial charge in [-0.2, -0.15) is 0 Å². The van der Waals surface area contributed by atoms with Gasteiger partial charge in [0.25, 0.3) is 0 Å². The molecule has 0 spiro atoms. The normalized spacial score (nSPS) is 53.4. The van der Waals surface area contributed by atoms with Gasteiger partial charge in [-0.1, -0.05) is 26.7 Å². The van der Waals surface area contributed by atoms with E-state index < -0.39 is 0 Å². The number of rotatable bonds is 0. The van der Waals surface area contributed by atoms with Crippen LogP contribution in [-0.2, 0) is 0 Å². The largest absolute Gasteiger partial charge is 0.0620 e. The molecule has 0 aromatic heterocycles. The van der Waals surface area contributed by atoms with Crippen molar-refractivity contribution in [2.24, 2.45) is 17.3 Å². The second kappa shape index (κ2) is 1.99. The maximum atomic E-state index is 2.50. The Morgan fingerprint density at radius 1 is 1.40 bits per heavy atom. The minimum Gasteiger partial charge on any atom is -0.0620 e. The summed E-state index contributed by atoms with van der Waals surface area (Å²) in [5.74, 6) is 2.12. The Kier molecular flexibility index (Phi) is 1.33. The van der Waals surface area contributed by atoms with Crippen LogP contribution in [0.5, 0.6) is 0 Å². The predicted octanol–water partition coefficient (Wildman–Crippen LogP) is 3.22. The van der Waals surface area contributed by atoms with Crippen molar-refractivity contribution in [3.05, 3.63) is 0 Å². The number of hydrogen-bond acceptors (Lipinski definition) is 0. The van der Waals surface area contributed by atoms with E-state index in [4.69, 9.17) is 0 Å². The standard InChI is InChI=1S/C10H18/c1-8-6-9-4-3-5-10(8,2)7-9/h8-9H,3-7H2,1-2H3/t8-,9-,10-/m0/s1. The molecule has 2 rings (SSSR count). The summed E-state index contributed by atoms with van der Waals surface area (Å²) in [7, 11) is 0. The third-order valence-electron chi connectivity index (χ3n) is 3.99. The zero-order chi connectivity index (χ0) is 7.19. The van der Waals surface area contributed by atoms with Crippen LogP contribution in [0.3, 0.4) is 0 Å². The second-order valence-corrected chi connectivity index (χ2v) is 4.75. The first-order valence-electron chi connectivity index (χ1n) is 4.71. The molecule has 0 unspecified atom stereocenters. The highest BCUT2D eigenvalue weighted by Crippen LogP contribution is 2.54. The molecule has 2 saturated carbocycles. The summed E-state index contributed by atoms with van der Waals surface area (Å²) >= 11 is 0. The maximum Gasteiger partial charge on any atom is -0.0297 e. The first-order chi connectivity index (χ1) is 4.71. The molecule has 0 nitrogen and oxygen atoms in total. The Morgan fingerprint density at radius 2 is 2.20 bits per heavy atom. The van der Waals surface area contributed by atoms with Gasteiger partial charge in [-0.05, 0) is 36.5 Å². The van der Waals surface area contributed by atoms with E-state index in [0.29, 0.717) is 0 Å². The Labute approximate surface area is 64.0 Å². The van der Waals surface area contributed by atoms with Crippen LogP contribution in [0.1, 0.15) is 46.0 Å². The number of hydrogen-bond donors (Lipinski definition) is 0. The van der Waals surface area contributed by atoms with Gasteiger partial charge >= 0.3 is 0 Å². The lowest BCUT2D eigenvalue weighted by molar-refractivity contribution is 0.192. The lowest BCUT2D eigenvalue weighted by atomic mass is 9.74. The molecule has 0 aromatic rings. The molecule has 10 heavy (non-hydrogen) atoms. The fourth-order valence-corrected chi connectivity index (χ4v) is 3.09. The minimum absolute atomic E-state index is 0.753. The third kappa shape index (κ3) is 0.810. The van der Waals surface area contributed by atoms with Gasteiger partial charge in [0.1, 0.15) is 0 Å².